The molecule has 0 amide bonds. The number of carbonyl (C=O) groups excluding carboxylic acids is 1. The SMILES string of the molecule is BC1CCc2cnc(-c3cccc(OC)c3)nc2C1=O. The summed E-state index contributed by atoms with van der Waals surface area (Å²) in [6, 6.07) is 7.55. The number of aryl methyl sites for hydroxylation is 1. The van der Waals surface area contributed by atoms with Gasteiger partial charge in [0, 0.05) is 11.8 Å². The number of hydrogen-bond donors (Lipinski definition) is 0. The van der Waals surface area contributed by atoms with Crippen molar-refractivity contribution in [2.24, 2.45) is 0 Å². The normalized spacial score (nSPS) is 17.6. The largest absolute Gasteiger partial charge is 0.497 e. The molecular formula is C15H15BN2O2. The first kappa shape index (κ1) is 12.8. The molecule has 20 heavy (non-hydrogen) atoms. The van der Waals surface area contributed by atoms with Crippen molar-refractivity contribution in [1.82, 2.24) is 9.97 Å². The van der Waals surface area contributed by atoms with Gasteiger partial charge in [-0.3, -0.25) is 4.79 Å². The van der Waals surface area contributed by atoms with Crippen LogP contribution in [0.4, 0.5) is 0 Å². The lowest BCUT2D eigenvalue weighted by atomic mass is 9.74. The molecule has 1 heterocycles. The van der Waals surface area contributed by atoms with E-state index in [0.717, 1.165) is 29.7 Å². The molecule has 5 heteroatoms. The van der Waals surface area contributed by atoms with Gasteiger partial charge >= 0.3 is 0 Å². The Hall–Kier alpha value is -2.17. The molecule has 0 N–H and O–H groups in total. The van der Waals surface area contributed by atoms with E-state index in [1.165, 1.54) is 0 Å². The van der Waals surface area contributed by atoms with Crippen LogP contribution in [-0.4, -0.2) is 30.7 Å². The fourth-order valence-corrected chi connectivity index (χ4v) is 2.44. The zero-order valence-corrected chi connectivity index (χ0v) is 11.6. The number of nitrogens with zero attached hydrogens (tertiary/aromatic N) is 2. The number of rotatable bonds is 2. The molecule has 1 aliphatic rings. The first-order chi connectivity index (χ1) is 9.69. The average Bonchev–Trinajstić information content (AvgIpc) is 2.51. The highest BCUT2D eigenvalue weighted by molar-refractivity contribution is 6.28. The van der Waals surface area contributed by atoms with Gasteiger partial charge in [0.1, 0.15) is 19.3 Å². The van der Waals surface area contributed by atoms with Crippen LogP contribution < -0.4 is 4.74 Å². The van der Waals surface area contributed by atoms with Crippen molar-refractivity contribution in [2.75, 3.05) is 7.11 Å². The van der Waals surface area contributed by atoms with E-state index in [2.05, 4.69) is 9.97 Å². The highest BCUT2D eigenvalue weighted by Gasteiger charge is 2.26. The highest BCUT2D eigenvalue weighted by atomic mass is 16.5. The fraction of sp³-hybridized carbons (Fsp3) is 0.267. The molecule has 1 aliphatic carbocycles. The van der Waals surface area contributed by atoms with E-state index in [4.69, 9.17) is 4.74 Å². The van der Waals surface area contributed by atoms with Crippen LogP contribution in [0, 0.1) is 0 Å². The summed E-state index contributed by atoms with van der Waals surface area (Å²) < 4.78 is 5.20. The van der Waals surface area contributed by atoms with Crippen LogP contribution in [0.15, 0.2) is 30.5 Å². The topological polar surface area (TPSA) is 52.1 Å². The molecule has 3 rings (SSSR count). The summed E-state index contributed by atoms with van der Waals surface area (Å²) in [5, 5.41) is 0. The first-order valence-corrected chi connectivity index (χ1v) is 6.73. The minimum absolute atomic E-state index is 0.0514. The number of carbonyl (C=O) groups is 1. The molecule has 2 aromatic rings. The maximum Gasteiger partial charge on any atom is 0.176 e. The maximum absolute atomic E-state index is 12.2. The fourth-order valence-electron chi connectivity index (χ4n) is 2.44. The molecule has 0 bridgehead atoms. The second-order valence-corrected chi connectivity index (χ2v) is 5.10. The Bertz CT molecular complexity index is 673. The van der Waals surface area contributed by atoms with Gasteiger partial charge in [-0.1, -0.05) is 12.1 Å². The zero-order valence-electron chi connectivity index (χ0n) is 11.6. The minimum atomic E-state index is 0.0514. The zero-order chi connectivity index (χ0) is 14.1. The molecular weight excluding hydrogens is 251 g/mol. The molecule has 0 aliphatic heterocycles. The summed E-state index contributed by atoms with van der Waals surface area (Å²) in [5.74, 6) is 1.50. The Kier molecular flexibility index (Phi) is 3.26. The Morgan fingerprint density at radius 3 is 3.05 bits per heavy atom. The van der Waals surface area contributed by atoms with Crippen LogP contribution in [0.2, 0.25) is 5.82 Å². The van der Waals surface area contributed by atoms with Crippen molar-refractivity contribution in [3.8, 4) is 17.1 Å². The van der Waals surface area contributed by atoms with E-state index in [0.29, 0.717) is 11.5 Å². The predicted molar refractivity (Wildman–Crippen MR) is 79.0 cm³/mol. The summed E-state index contributed by atoms with van der Waals surface area (Å²) in [6.45, 7) is 0. The van der Waals surface area contributed by atoms with Gasteiger partial charge in [0.15, 0.2) is 11.6 Å². The summed E-state index contributed by atoms with van der Waals surface area (Å²) in [5.41, 5.74) is 2.40. The lowest BCUT2D eigenvalue weighted by Gasteiger charge is -2.19. The van der Waals surface area contributed by atoms with E-state index in [9.17, 15) is 4.79 Å². The Balaban J connectivity index is 2.05. The number of benzene rings is 1. The average molecular weight is 266 g/mol. The van der Waals surface area contributed by atoms with Gasteiger partial charge in [-0.05, 0) is 36.4 Å². The Labute approximate surface area is 118 Å². The molecule has 0 spiro atoms. The molecule has 1 unspecified atom stereocenters. The number of fused-ring (bicyclic) bond motifs is 1. The van der Waals surface area contributed by atoms with Crippen LogP contribution in [0.25, 0.3) is 11.4 Å². The van der Waals surface area contributed by atoms with Gasteiger partial charge in [0.2, 0.25) is 0 Å². The number of aromatic nitrogens is 2. The molecule has 0 saturated carbocycles. The number of ether oxygens (including phenoxy) is 1. The molecule has 0 saturated heterocycles. The van der Waals surface area contributed by atoms with E-state index in [1.807, 2.05) is 32.1 Å². The Morgan fingerprint density at radius 2 is 2.25 bits per heavy atom. The second kappa shape index (κ2) is 5.08. The molecule has 0 radical (unpaired) electrons. The van der Waals surface area contributed by atoms with Gasteiger partial charge in [-0.25, -0.2) is 9.97 Å². The number of hydrogen-bond acceptors (Lipinski definition) is 4. The summed E-state index contributed by atoms with van der Waals surface area (Å²) in [7, 11) is 3.58. The summed E-state index contributed by atoms with van der Waals surface area (Å²) >= 11 is 0. The summed E-state index contributed by atoms with van der Waals surface area (Å²) in [6.07, 6.45) is 3.54. The van der Waals surface area contributed by atoms with Crippen molar-refractivity contribution >= 4 is 13.6 Å². The lowest BCUT2D eigenvalue weighted by Crippen LogP contribution is -2.20. The molecule has 1 aromatic carbocycles. The van der Waals surface area contributed by atoms with Crippen LogP contribution in [0.5, 0.6) is 5.75 Å². The lowest BCUT2D eigenvalue weighted by molar-refractivity contribution is 0.0968. The van der Waals surface area contributed by atoms with Crippen LogP contribution in [-0.2, 0) is 6.42 Å². The smallest absolute Gasteiger partial charge is 0.176 e. The van der Waals surface area contributed by atoms with E-state index in [1.54, 1.807) is 13.3 Å². The van der Waals surface area contributed by atoms with E-state index in [-0.39, 0.29) is 11.6 Å². The van der Waals surface area contributed by atoms with E-state index < -0.39 is 0 Å². The molecule has 0 fully saturated rings. The van der Waals surface area contributed by atoms with Crippen molar-refractivity contribution in [3.05, 3.63) is 41.7 Å². The maximum atomic E-state index is 12.2. The standard InChI is InChI=1S/C15H15BN2O2/c1-20-11-4-2-3-9(7-11)15-17-8-10-5-6-12(16)14(19)13(10)18-15/h2-4,7-8,12H,5-6,16H2,1H3. The number of methoxy groups -OCH3 is 1. The number of ketones is 1. The van der Waals surface area contributed by atoms with Crippen molar-refractivity contribution in [3.63, 3.8) is 0 Å². The second-order valence-electron chi connectivity index (χ2n) is 5.10. The van der Waals surface area contributed by atoms with Crippen molar-refractivity contribution < 1.29 is 9.53 Å². The minimum Gasteiger partial charge on any atom is -0.497 e. The molecule has 1 aromatic heterocycles. The third-order valence-electron chi connectivity index (χ3n) is 3.72. The van der Waals surface area contributed by atoms with Crippen molar-refractivity contribution in [1.29, 1.82) is 0 Å². The van der Waals surface area contributed by atoms with Gasteiger partial charge in [-0.15, -0.1) is 0 Å². The third-order valence-corrected chi connectivity index (χ3v) is 3.72. The summed E-state index contributed by atoms with van der Waals surface area (Å²) in [4.78, 5) is 21.1. The molecule has 100 valence electrons. The molecule has 1 atom stereocenters. The van der Waals surface area contributed by atoms with Crippen LogP contribution >= 0.6 is 0 Å². The van der Waals surface area contributed by atoms with Gasteiger partial charge in [0.25, 0.3) is 0 Å². The van der Waals surface area contributed by atoms with Gasteiger partial charge in [0.05, 0.1) is 7.11 Å². The Morgan fingerprint density at radius 1 is 1.40 bits per heavy atom. The predicted octanol–water partition coefficient (Wildman–Crippen LogP) is 1.70. The van der Waals surface area contributed by atoms with Gasteiger partial charge in [-0.2, -0.15) is 0 Å². The monoisotopic (exact) mass is 266 g/mol. The van der Waals surface area contributed by atoms with Crippen molar-refractivity contribution in [2.45, 2.75) is 18.7 Å². The quantitative estimate of drug-likeness (QED) is 0.776. The number of Topliss-reactive ketones (excluding diaryl/α,β-unsaturated/α-hetero) is 1. The van der Waals surface area contributed by atoms with Gasteiger partial charge < -0.3 is 4.74 Å². The molecule has 4 nitrogen and oxygen atoms in total. The third kappa shape index (κ3) is 2.20. The van der Waals surface area contributed by atoms with E-state index >= 15 is 0 Å². The highest BCUT2D eigenvalue weighted by Crippen LogP contribution is 2.28. The van der Waals surface area contributed by atoms with Crippen LogP contribution in [0.1, 0.15) is 22.5 Å². The first-order valence-electron chi connectivity index (χ1n) is 6.73. The van der Waals surface area contributed by atoms with Crippen LogP contribution in [0.3, 0.4) is 0 Å².